The molecule has 0 atom stereocenters. The SMILES string of the molecule is CCSC(=N)Nc1cccc(C(C)(C)N)c1OCc1ccccc1. The van der Waals surface area contributed by atoms with E-state index in [4.69, 9.17) is 15.9 Å². The van der Waals surface area contributed by atoms with Crippen molar-refractivity contribution >= 4 is 22.6 Å². The van der Waals surface area contributed by atoms with Crippen LogP contribution in [0.25, 0.3) is 0 Å². The van der Waals surface area contributed by atoms with Crippen molar-refractivity contribution < 1.29 is 4.74 Å². The molecule has 0 spiro atoms. The molecule has 0 amide bonds. The molecule has 2 rings (SSSR count). The maximum atomic E-state index is 8.01. The highest BCUT2D eigenvalue weighted by atomic mass is 32.2. The normalized spacial score (nSPS) is 11.2. The number of nitrogens with one attached hydrogen (secondary N) is 2. The van der Waals surface area contributed by atoms with Gasteiger partial charge in [-0.05, 0) is 31.2 Å². The van der Waals surface area contributed by atoms with Gasteiger partial charge in [0.05, 0.1) is 5.69 Å². The van der Waals surface area contributed by atoms with Gasteiger partial charge in [-0.2, -0.15) is 0 Å². The van der Waals surface area contributed by atoms with Crippen LogP contribution < -0.4 is 15.8 Å². The fraction of sp³-hybridized carbons (Fsp3) is 0.316. The maximum absolute atomic E-state index is 8.01. The average Bonchev–Trinajstić information content (AvgIpc) is 2.53. The first-order valence-electron chi connectivity index (χ1n) is 7.99. The molecule has 0 radical (unpaired) electrons. The lowest BCUT2D eigenvalue weighted by atomic mass is 9.94. The van der Waals surface area contributed by atoms with E-state index in [0.717, 1.165) is 22.6 Å². The van der Waals surface area contributed by atoms with Crippen molar-refractivity contribution in [2.45, 2.75) is 32.9 Å². The Morgan fingerprint density at radius 2 is 1.88 bits per heavy atom. The van der Waals surface area contributed by atoms with Crippen molar-refractivity contribution in [3.05, 3.63) is 59.7 Å². The zero-order valence-electron chi connectivity index (χ0n) is 14.4. The number of thioether (sulfide) groups is 1. The van der Waals surface area contributed by atoms with Crippen LogP contribution >= 0.6 is 11.8 Å². The highest BCUT2D eigenvalue weighted by molar-refractivity contribution is 8.14. The maximum Gasteiger partial charge on any atom is 0.158 e. The number of hydrogen-bond acceptors (Lipinski definition) is 4. The van der Waals surface area contributed by atoms with E-state index in [1.165, 1.54) is 11.8 Å². The predicted molar refractivity (Wildman–Crippen MR) is 104 cm³/mol. The molecule has 0 aliphatic rings. The van der Waals surface area contributed by atoms with Gasteiger partial charge >= 0.3 is 0 Å². The molecule has 0 saturated heterocycles. The van der Waals surface area contributed by atoms with Crippen LogP contribution in [0.5, 0.6) is 5.75 Å². The van der Waals surface area contributed by atoms with Crippen molar-refractivity contribution in [1.82, 2.24) is 0 Å². The molecule has 0 aromatic heterocycles. The van der Waals surface area contributed by atoms with Crippen molar-refractivity contribution in [2.75, 3.05) is 11.1 Å². The van der Waals surface area contributed by atoms with Crippen LogP contribution in [0.15, 0.2) is 48.5 Å². The standard InChI is InChI=1S/C19H25N3OS/c1-4-24-18(20)22-16-12-8-11-15(19(2,3)21)17(16)23-13-14-9-6-5-7-10-14/h5-12H,4,13,21H2,1-3H3,(H2,20,22). The van der Waals surface area contributed by atoms with E-state index in [1.807, 2.05) is 69.3 Å². The molecule has 0 aliphatic carbocycles. The van der Waals surface area contributed by atoms with Crippen LogP contribution in [0.3, 0.4) is 0 Å². The fourth-order valence-electron chi connectivity index (χ4n) is 2.33. The minimum Gasteiger partial charge on any atom is -0.486 e. The van der Waals surface area contributed by atoms with Crippen LogP contribution in [0.2, 0.25) is 0 Å². The van der Waals surface area contributed by atoms with E-state index in [1.54, 1.807) is 0 Å². The Morgan fingerprint density at radius 3 is 2.50 bits per heavy atom. The number of ether oxygens (including phenoxy) is 1. The molecular formula is C19H25N3OS. The molecule has 24 heavy (non-hydrogen) atoms. The number of nitrogens with two attached hydrogens (primary N) is 1. The molecular weight excluding hydrogens is 318 g/mol. The summed E-state index contributed by atoms with van der Waals surface area (Å²) in [5.41, 5.74) is 8.56. The third kappa shape index (κ3) is 5.01. The van der Waals surface area contributed by atoms with Gasteiger partial charge in [-0.15, -0.1) is 0 Å². The van der Waals surface area contributed by atoms with Crippen molar-refractivity contribution in [2.24, 2.45) is 5.73 Å². The van der Waals surface area contributed by atoms with Crippen LogP contribution in [0.1, 0.15) is 31.9 Å². The average molecular weight is 343 g/mol. The van der Waals surface area contributed by atoms with E-state index in [0.29, 0.717) is 17.5 Å². The third-order valence-corrected chi connectivity index (χ3v) is 4.15. The number of amidine groups is 1. The zero-order chi connectivity index (χ0) is 17.6. The molecule has 128 valence electrons. The number of rotatable bonds is 6. The summed E-state index contributed by atoms with van der Waals surface area (Å²) in [5, 5.41) is 11.5. The Bertz CT molecular complexity index is 681. The van der Waals surface area contributed by atoms with Crippen molar-refractivity contribution in [3.8, 4) is 5.75 Å². The number of para-hydroxylation sites is 1. The second kappa shape index (κ2) is 8.22. The van der Waals surface area contributed by atoms with E-state index >= 15 is 0 Å². The zero-order valence-corrected chi connectivity index (χ0v) is 15.2. The van der Waals surface area contributed by atoms with Gasteiger partial charge in [0.2, 0.25) is 0 Å². The van der Waals surface area contributed by atoms with Gasteiger partial charge in [-0.25, -0.2) is 0 Å². The molecule has 5 heteroatoms. The highest BCUT2D eigenvalue weighted by Crippen LogP contribution is 2.36. The van der Waals surface area contributed by atoms with Crippen molar-refractivity contribution in [1.29, 1.82) is 5.41 Å². The van der Waals surface area contributed by atoms with E-state index in [2.05, 4.69) is 5.32 Å². The second-order valence-corrected chi connectivity index (χ2v) is 7.34. The van der Waals surface area contributed by atoms with Gasteiger partial charge in [0.15, 0.2) is 5.17 Å². The van der Waals surface area contributed by atoms with Gasteiger partial charge in [0, 0.05) is 11.1 Å². The minimum atomic E-state index is -0.538. The van der Waals surface area contributed by atoms with Gasteiger partial charge in [-0.3, -0.25) is 5.41 Å². The van der Waals surface area contributed by atoms with E-state index in [9.17, 15) is 0 Å². The van der Waals surface area contributed by atoms with Crippen molar-refractivity contribution in [3.63, 3.8) is 0 Å². The fourth-order valence-corrected chi connectivity index (χ4v) is 2.80. The summed E-state index contributed by atoms with van der Waals surface area (Å²) in [6.45, 7) is 6.38. The Balaban J connectivity index is 2.31. The first kappa shape index (κ1) is 18.4. The lowest BCUT2D eigenvalue weighted by Crippen LogP contribution is -2.29. The van der Waals surface area contributed by atoms with Gasteiger partial charge < -0.3 is 15.8 Å². The largest absolute Gasteiger partial charge is 0.486 e. The Kier molecular flexibility index (Phi) is 6.29. The molecule has 2 aromatic carbocycles. The summed E-state index contributed by atoms with van der Waals surface area (Å²) >= 11 is 1.45. The Labute approximate surface area is 148 Å². The number of benzene rings is 2. The molecule has 0 heterocycles. The molecule has 0 bridgehead atoms. The number of hydrogen-bond donors (Lipinski definition) is 3. The third-order valence-electron chi connectivity index (χ3n) is 3.47. The predicted octanol–water partition coefficient (Wildman–Crippen LogP) is 4.56. The van der Waals surface area contributed by atoms with E-state index < -0.39 is 5.54 Å². The smallest absolute Gasteiger partial charge is 0.158 e. The summed E-state index contributed by atoms with van der Waals surface area (Å²) in [5.74, 6) is 1.55. The lowest BCUT2D eigenvalue weighted by molar-refractivity contribution is 0.298. The van der Waals surface area contributed by atoms with Crippen LogP contribution in [-0.4, -0.2) is 10.9 Å². The van der Waals surface area contributed by atoms with Crippen LogP contribution in [-0.2, 0) is 12.1 Å². The highest BCUT2D eigenvalue weighted by Gasteiger charge is 2.22. The molecule has 0 fully saturated rings. The first-order chi connectivity index (χ1) is 11.4. The quantitative estimate of drug-likeness (QED) is 0.531. The van der Waals surface area contributed by atoms with Gasteiger partial charge in [-0.1, -0.05) is 61.2 Å². The molecule has 4 N–H and O–H groups in total. The summed E-state index contributed by atoms with van der Waals surface area (Å²) in [4.78, 5) is 0. The van der Waals surface area contributed by atoms with E-state index in [-0.39, 0.29) is 0 Å². The minimum absolute atomic E-state index is 0.397. The Hall–Kier alpha value is -1.98. The summed E-state index contributed by atoms with van der Waals surface area (Å²) in [6, 6.07) is 15.8. The first-order valence-corrected chi connectivity index (χ1v) is 8.98. The monoisotopic (exact) mass is 343 g/mol. The summed E-state index contributed by atoms with van der Waals surface area (Å²) in [6.07, 6.45) is 0. The number of anilines is 1. The Morgan fingerprint density at radius 1 is 1.17 bits per heavy atom. The van der Waals surface area contributed by atoms with Gasteiger partial charge in [0.25, 0.3) is 0 Å². The summed E-state index contributed by atoms with van der Waals surface area (Å²) < 4.78 is 6.11. The van der Waals surface area contributed by atoms with Crippen LogP contribution in [0.4, 0.5) is 5.69 Å². The molecule has 2 aromatic rings. The lowest BCUT2D eigenvalue weighted by Gasteiger charge is -2.25. The molecule has 4 nitrogen and oxygen atoms in total. The molecule has 0 saturated carbocycles. The molecule has 0 unspecified atom stereocenters. The van der Waals surface area contributed by atoms with Crippen LogP contribution in [0, 0.1) is 5.41 Å². The second-order valence-electron chi connectivity index (χ2n) is 6.07. The van der Waals surface area contributed by atoms with Gasteiger partial charge in [0.1, 0.15) is 12.4 Å². The molecule has 0 aliphatic heterocycles. The topological polar surface area (TPSA) is 71.1 Å². The summed E-state index contributed by atoms with van der Waals surface area (Å²) in [7, 11) is 0.